The molecule has 0 aliphatic carbocycles. The molecule has 1 aliphatic rings. The summed E-state index contributed by atoms with van der Waals surface area (Å²) in [6.45, 7) is 1.73. The average Bonchev–Trinajstić information content (AvgIpc) is 2.82. The summed E-state index contributed by atoms with van der Waals surface area (Å²) < 4.78 is 49.5. The highest BCUT2D eigenvalue weighted by Crippen LogP contribution is 2.22. The Morgan fingerprint density at radius 2 is 1.82 bits per heavy atom. The molecule has 2 N–H and O–H groups in total. The number of carbonyl (C=O) groups is 1. The molecule has 2 rings (SSSR count). The zero-order chi connectivity index (χ0) is 16.4. The molecule has 1 aliphatic heterocycles. The van der Waals surface area contributed by atoms with Gasteiger partial charge in [0, 0.05) is 17.8 Å². The van der Waals surface area contributed by atoms with Gasteiger partial charge < -0.3 is 5.32 Å². The quantitative estimate of drug-likeness (QED) is 0.825. The van der Waals surface area contributed by atoms with Crippen molar-refractivity contribution in [1.29, 1.82) is 0 Å². The number of nitrogens with one attached hydrogen (secondary N) is 2. The van der Waals surface area contributed by atoms with Gasteiger partial charge in [0.25, 0.3) is 0 Å². The van der Waals surface area contributed by atoms with Gasteiger partial charge in [-0.15, -0.1) is 0 Å². The van der Waals surface area contributed by atoms with Crippen molar-refractivity contribution < 1.29 is 21.6 Å². The second-order valence-electron chi connectivity index (χ2n) is 5.15. The predicted octanol–water partition coefficient (Wildman–Crippen LogP) is 0.964. The van der Waals surface area contributed by atoms with E-state index in [1.807, 2.05) is 0 Å². The smallest absolute Gasteiger partial charge is 0.236 e. The van der Waals surface area contributed by atoms with Crippen molar-refractivity contribution in [2.75, 3.05) is 21.5 Å². The Kier molecular flexibility index (Phi) is 4.76. The summed E-state index contributed by atoms with van der Waals surface area (Å²) in [5.74, 6) is -0.572. The summed E-state index contributed by atoms with van der Waals surface area (Å²) in [5.41, 5.74) is 0.900. The monoisotopic (exact) mass is 346 g/mol. The third kappa shape index (κ3) is 4.20. The van der Waals surface area contributed by atoms with E-state index in [1.165, 1.54) is 12.1 Å². The Labute approximate surface area is 130 Å². The highest BCUT2D eigenvalue weighted by Gasteiger charge is 2.37. The maximum absolute atomic E-state index is 12.2. The second kappa shape index (κ2) is 6.25. The molecule has 1 aromatic rings. The minimum Gasteiger partial charge on any atom is -0.326 e. The maximum Gasteiger partial charge on any atom is 0.236 e. The molecule has 1 unspecified atom stereocenters. The Bertz CT molecular complexity index is 754. The zero-order valence-corrected chi connectivity index (χ0v) is 13.7. The predicted molar refractivity (Wildman–Crippen MR) is 85.0 cm³/mol. The van der Waals surface area contributed by atoms with Gasteiger partial charge in [-0.25, -0.2) is 16.8 Å². The Morgan fingerprint density at radius 3 is 2.32 bits per heavy atom. The highest BCUT2D eigenvalue weighted by atomic mass is 32.2. The van der Waals surface area contributed by atoms with Crippen LogP contribution >= 0.6 is 0 Å². The number of amides is 1. The van der Waals surface area contributed by atoms with E-state index in [0.29, 0.717) is 17.8 Å². The molecule has 9 heteroatoms. The lowest BCUT2D eigenvalue weighted by molar-refractivity contribution is -0.115. The molecule has 7 nitrogen and oxygen atoms in total. The van der Waals surface area contributed by atoms with Gasteiger partial charge in [0.05, 0.1) is 16.8 Å². The van der Waals surface area contributed by atoms with Gasteiger partial charge in [-0.1, -0.05) is 6.92 Å². The lowest BCUT2D eigenvalue weighted by atomic mass is 10.3. The van der Waals surface area contributed by atoms with E-state index >= 15 is 0 Å². The second-order valence-corrected chi connectivity index (χ2v) is 9.34. The van der Waals surface area contributed by atoms with Gasteiger partial charge in [-0.3, -0.25) is 9.52 Å². The van der Waals surface area contributed by atoms with Crippen LogP contribution in [0.25, 0.3) is 0 Å². The van der Waals surface area contributed by atoms with Gasteiger partial charge in [0.15, 0.2) is 9.84 Å². The van der Waals surface area contributed by atoms with Gasteiger partial charge >= 0.3 is 0 Å². The molecule has 0 aromatic heterocycles. The fourth-order valence-corrected chi connectivity index (χ4v) is 6.21. The van der Waals surface area contributed by atoms with Gasteiger partial charge in [-0.05, 0) is 30.7 Å². The van der Waals surface area contributed by atoms with Crippen LogP contribution in [0.2, 0.25) is 0 Å². The van der Waals surface area contributed by atoms with E-state index in [4.69, 9.17) is 0 Å². The SMILES string of the molecule is CCC(=O)Nc1ccc(NS(=O)(=O)C2CCS(=O)(=O)C2)cc1. The van der Waals surface area contributed by atoms with E-state index in [1.54, 1.807) is 19.1 Å². The topological polar surface area (TPSA) is 109 Å². The normalized spacial score (nSPS) is 20.5. The van der Waals surface area contributed by atoms with Crippen LogP contribution in [-0.2, 0) is 24.7 Å². The molecular weight excluding hydrogens is 328 g/mol. The molecule has 1 atom stereocenters. The van der Waals surface area contributed by atoms with E-state index in [9.17, 15) is 21.6 Å². The summed E-state index contributed by atoms with van der Waals surface area (Å²) in [4.78, 5) is 11.3. The summed E-state index contributed by atoms with van der Waals surface area (Å²) in [6, 6.07) is 6.20. The first-order valence-corrected chi connectivity index (χ1v) is 10.2. The van der Waals surface area contributed by atoms with Crippen molar-refractivity contribution >= 4 is 37.1 Å². The largest absolute Gasteiger partial charge is 0.326 e. The third-order valence-corrected chi connectivity index (χ3v) is 7.16. The molecule has 22 heavy (non-hydrogen) atoms. The number of anilines is 2. The fraction of sp³-hybridized carbons (Fsp3) is 0.462. The van der Waals surface area contributed by atoms with Gasteiger partial charge in [0.2, 0.25) is 15.9 Å². The first kappa shape index (κ1) is 16.8. The average molecular weight is 346 g/mol. The van der Waals surface area contributed by atoms with Crippen molar-refractivity contribution in [3.63, 3.8) is 0 Å². The van der Waals surface area contributed by atoms with E-state index in [2.05, 4.69) is 10.0 Å². The first-order chi connectivity index (χ1) is 10.2. The minimum absolute atomic E-state index is 0.0967. The Hall–Kier alpha value is -1.61. The number of benzene rings is 1. The van der Waals surface area contributed by atoms with Crippen LogP contribution < -0.4 is 10.0 Å². The molecule has 122 valence electrons. The molecule has 0 bridgehead atoms. The van der Waals surface area contributed by atoms with E-state index in [0.717, 1.165) is 0 Å². The minimum atomic E-state index is -3.74. The zero-order valence-electron chi connectivity index (χ0n) is 12.1. The number of sulfonamides is 1. The lowest BCUT2D eigenvalue weighted by Crippen LogP contribution is -2.28. The Morgan fingerprint density at radius 1 is 1.23 bits per heavy atom. The van der Waals surface area contributed by atoms with Crippen LogP contribution in [0.4, 0.5) is 11.4 Å². The van der Waals surface area contributed by atoms with Crippen LogP contribution in [0.1, 0.15) is 19.8 Å². The summed E-state index contributed by atoms with van der Waals surface area (Å²) >= 11 is 0. The van der Waals surface area contributed by atoms with Crippen LogP contribution in [0.3, 0.4) is 0 Å². The molecule has 1 saturated heterocycles. The first-order valence-electron chi connectivity index (χ1n) is 6.84. The van der Waals surface area contributed by atoms with Crippen LogP contribution in [0.15, 0.2) is 24.3 Å². The van der Waals surface area contributed by atoms with Crippen LogP contribution in [0.5, 0.6) is 0 Å². The molecule has 1 aromatic carbocycles. The number of hydrogen-bond donors (Lipinski definition) is 2. The number of rotatable bonds is 5. The summed E-state index contributed by atoms with van der Waals surface area (Å²) in [7, 11) is -7.00. The van der Waals surface area contributed by atoms with Gasteiger partial charge in [0.1, 0.15) is 0 Å². The highest BCUT2D eigenvalue weighted by molar-refractivity contribution is 7.97. The standard InChI is InChI=1S/C13H18N2O5S2/c1-2-13(16)14-10-3-5-11(6-4-10)15-22(19,20)12-7-8-21(17,18)9-12/h3-6,12,15H,2,7-9H2,1H3,(H,14,16). The number of carbonyl (C=O) groups excluding carboxylic acids is 1. The summed E-state index contributed by atoms with van der Waals surface area (Å²) in [6.07, 6.45) is 0.465. The van der Waals surface area contributed by atoms with Crippen molar-refractivity contribution in [1.82, 2.24) is 0 Å². The third-order valence-electron chi connectivity index (χ3n) is 3.38. The number of sulfone groups is 1. The van der Waals surface area contributed by atoms with Crippen molar-refractivity contribution in [3.05, 3.63) is 24.3 Å². The van der Waals surface area contributed by atoms with Crippen molar-refractivity contribution in [2.45, 2.75) is 25.0 Å². The maximum atomic E-state index is 12.2. The molecule has 0 saturated carbocycles. The number of hydrogen-bond acceptors (Lipinski definition) is 5. The molecular formula is C13H18N2O5S2. The lowest BCUT2D eigenvalue weighted by Gasteiger charge is -2.13. The van der Waals surface area contributed by atoms with E-state index < -0.39 is 25.1 Å². The molecule has 1 fully saturated rings. The molecule has 0 spiro atoms. The van der Waals surface area contributed by atoms with Crippen molar-refractivity contribution in [3.8, 4) is 0 Å². The fourth-order valence-electron chi connectivity index (χ4n) is 2.12. The summed E-state index contributed by atoms with van der Waals surface area (Å²) in [5, 5.41) is 1.73. The van der Waals surface area contributed by atoms with Crippen LogP contribution in [-0.4, -0.2) is 39.5 Å². The van der Waals surface area contributed by atoms with Crippen LogP contribution in [0, 0.1) is 0 Å². The molecule has 0 radical (unpaired) electrons. The molecule has 1 amide bonds. The molecule has 1 heterocycles. The van der Waals surface area contributed by atoms with E-state index in [-0.39, 0.29) is 23.8 Å². The van der Waals surface area contributed by atoms with Crippen molar-refractivity contribution in [2.24, 2.45) is 0 Å². The van der Waals surface area contributed by atoms with Gasteiger partial charge in [-0.2, -0.15) is 0 Å². The Balaban J connectivity index is 2.05.